The second kappa shape index (κ2) is 6.70. The third kappa shape index (κ3) is 5.03. The molecule has 0 saturated heterocycles. The maximum absolute atomic E-state index is 12.1. The van der Waals surface area contributed by atoms with Gasteiger partial charge in [0, 0.05) is 31.4 Å². The van der Waals surface area contributed by atoms with Crippen LogP contribution in [0.3, 0.4) is 0 Å². The first-order chi connectivity index (χ1) is 8.87. The summed E-state index contributed by atoms with van der Waals surface area (Å²) in [5.41, 5.74) is 6.26. The maximum atomic E-state index is 12.1. The molecule has 0 aliphatic rings. The average molecular weight is 267 g/mol. The number of rotatable bonds is 6. The summed E-state index contributed by atoms with van der Waals surface area (Å²) >= 11 is 0. The number of carbonyl (C=O) groups is 1. The Morgan fingerprint density at radius 3 is 2.74 bits per heavy atom. The van der Waals surface area contributed by atoms with Crippen LogP contribution in [-0.4, -0.2) is 27.7 Å². The smallest absolute Gasteiger partial charge is 0.311 e. The van der Waals surface area contributed by atoms with E-state index in [1.54, 1.807) is 12.5 Å². The molecule has 1 aromatic heterocycles. The second-order valence-electron chi connectivity index (χ2n) is 5.75. The lowest BCUT2D eigenvalue weighted by atomic mass is 10.0. The van der Waals surface area contributed by atoms with E-state index in [9.17, 15) is 4.79 Å². The van der Waals surface area contributed by atoms with Crippen LogP contribution in [0.5, 0.6) is 0 Å². The summed E-state index contributed by atoms with van der Waals surface area (Å²) in [6, 6.07) is 0. The zero-order valence-corrected chi connectivity index (χ0v) is 12.3. The Bertz CT molecular complexity index is 407. The van der Waals surface area contributed by atoms with Crippen molar-refractivity contribution in [2.75, 3.05) is 6.54 Å². The number of ether oxygens (including phenoxy) is 1. The Morgan fingerprint density at radius 1 is 1.53 bits per heavy atom. The molecule has 5 nitrogen and oxygen atoms in total. The molecule has 0 radical (unpaired) electrons. The first-order valence-corrected chi connectivity index (χ1v) is 6.79. The SMILES string of the molecule is CCCn1cncc1CC(CN)C(=O)OC(C)(C)C. The monoisotopic (exact) mass is 267 g/mol. The van der Waals surface area contributed by atoms with E-state index in [2.05, 4.69) is 16.5 Å². The molecule has 5 heteroatoms. The molecule has 1 unspecified atom stereocenters. The minimum Gasteiger partial charge on any atom is -0.460 e. The molecular formula is C14H25N3O2. The predicted octanol–water partition coefficient (Wildman–Crippen LogP) is 1.75. The van der Waals surface area contributed by atoms with Crippen molar-refractivity contribution in [2.45, 2.75) is 52.7 Å². The molecule has 0 spiro atoms. The van der Waals surface area contributed by atoms with Gasteiger partial charge in [-0.25, -0.2) is 4.98 Å². The van der Waals surface area contributed by atoms with Crippen LogP contribution in [0.2, 0.25) is 0 Å². The third-order valence-electron chi connectivity index (χ3n) is 2.74. The lowest BCUT2D eigenvalue weighted by Gasteiger charge is -2.23. The standard InChI is InChI=1S/C14H25N3O2/c1-5-6-17-10-16-9-12(17)7-11(8-15)13(18)19-14(2,3)4/h9-11H,5-8,15H2,1-4H3. The normalized spacial score (nSPS) is 13.3. The van der Waals surface area contributed by atoms with Gasteiger partial charge in [-0.2, -0.15) is 0 Å². The van der Waals surface area contributed by atoms with Gasteiger partial charge in [0.05, 0.1) is 12.2 Å². The Labute approximate surface area is 115 Å². The molecule has 1 aromatic rings. The largest absolute Gasteiger partial charge is 0.460 e. The van der Waals surface area contributed by atoms with Crippen molar-refractivity contribution in [1.29, 1.82) is 0 Å². The molecule has 1 atom stereocenters. The Kier molecular flexibility index (Phi) is 5.54. The summed E-state index contributed by atoms with van der Waals surface area (Å²) in [6.07, 6.45) is 5.19. The molecule has 0 aliphatic heterocycles. The van der Waals surface area contributed by atoms with Gasteiger partial charge in [0.15, 0.2) is 0 Å². The van der Waals surface area contributed by atoms with E-state index in [1.807, 2.05) is 20.8 Å². The van der Waals surface area contributed by atoms with Crippen LogP contribution in [0.1, 0.15) is 39.8 Å². The van der Waals surface area contributed by atoms with Crippen LogP contribution >= 0.6 is 0 Å². The molecule has 0 saturated carbocycles. The highest BCUT2D eigenvalue weighted by molar-refractivity contribution is 5.73. The van der Waals surface area contributed by atoms with Crippen LogP contribution in [0, 0.1) is 5.92 Å². The van der Waals surface area contributed by atoms with Crippen molar-refractivity contribution in [3.63, 3.8) is 0 Å². The van der Waals surface area contributed by atoms with E-state index in [0.717, 1.165) is 18.7 Å². The van der Waals surface area contributed by atoms with Gasteiger partial charge >= 0.3 is 5.97 Å². The fraction of sp³-hybridized carbons (Fsp3) is 0.714. The first kappa shape index (κ1) is 15.7. The average Bonchev–Trinajstić information content (AvgIpc) is 2.71. The quantitative estimate of drug-likeness (QED) is 0.797. The number of hydrogen-bond acceptors (Lipinski definition) is 4. The van der Waals surface area contributed by atoms with Gasteiger partial charge in [0.2, 0.25) is 0 Å². The van der Waals surface area contributed by atoms with Gasteiger partial charge in [0.1, 0.15) is 5.60 Å². The van der Waals surface area contributed by atoms with Crippen molar-refractivity contribution in [3.8, 4) is 0 Å². The number of aromatic nitrogens is 2. The summed E-state index contributed by atoms with van der Waals surface area (Å²) in [7, 11) is 0. The summed E-state index contributed by atoms with van der Waals surface area (Å²) in [5.74, 6) is -0.550. The van der Waals surface area contributed by atoms with Gasteiger partial charge in [-0.05, 0) is 27.2 Å². The molecule has 1 rings (SSSR count). The number of esters is 1. The summed E-state index contributed by atoms with van der Waals surface area (Å²) < 4.78 is 7.45. The fourth-order valence-electron chi connectivity index (χ4n) is 1.86. The minimum atomic E-state index is -0.478. The Morgan fingerprint density at radius 2 is 2.21 bits per heavy atom. The summed E-state index contributed by atoms with van der Waals surface area (Å²) in [4.78, 5) is 16.2. The Balaban J connectivity index is 2.71. The molecule has 108 valence electrons. The van der Waals surface area contributed by atoms with Gasteiger partial charge < -0.3 is 15.0 Å². The number of carbonyl (C=O) groups excluding carboxylic acids is 1. The third-order valence-corrected chi connectivity index (χ3v) is 2.74. The first-order valence-electron chi connectivity index (χ1n) is 6.79. The van der Waals surface area contributed by atoms with Crippen LogP contribution in [0.4, 0.5) is 0 Å². The molecule has 0 fully saturated rings. The highest BCUT2D eigenvalue weighted by Gasteiger charge is 2.25. The van der Waals surface area contributed by atoms with Crippen LogP contribution in [0.15, 0.2) is 12.5 Å². The van der Waals surface area contributed by atoms with Crippen molar-refractivity contribution in [1.82, 2.24) is 9.55 Å². The van der Waals surface area contributed by atoms with E-state index in [-0.39, 0.29) is 18.4 Å². The number of nitrogens with two attached hydrogens (primary N) is 1. The van der Waals surface area contributed by atoms with E-state index < -0.39 is 5.60 Å². The lowest BCUT2D eigenvalue weighted by molar-refractivity contribution is -0.159. The number of imidazole rings is 1. The van der Waals surface area contributed by atoms with Gasteiger partial charge in [-0.1, -0.05) is 6.92 Å². The summed E-state index contributed by atoms with van der Waals surface area (Å²) in [6.45, 7) is 8.88. The molecule has 0 aliphatic carbocycles. The summed E-state index contributed by atoms with van der Waals surface area (Å²) in [5, 5.41) is 0. The fourth-order valence-corrected chi connectivity index (χ4v) is 1.86. The molecule has 0 bridgehead atoms. The minimum absolute atomic E-state index is 0.237. The maximum Gasteiger partial charge on any atom is 0.311 e. The Hall–Kier alpha value is -1.36. The van der Waals surface area contributed by atoms with Crippen LogP contribution in [-0.2, 0) is 22.5 Å². The van der Waals surface area contributed by atoms with Crippen molar-refractivity contribution < 1.29 is 9.53 Å². The van der Waals surface area contributed by atoms with Gasteiger partial charge in [-0.15, -0.1) is 0 Å². The lowest BCUT2D eigenvalue weighted by Crippen LogP contribution is -2.34. The van der Waals surface area contributed by atoms with E-state index in [4.69, 9.17) is 10.5 Å². The molecule has 0 aromatic carbocycles. The van der Waals surface area contributed by atoms with Crippen LogP contribution < -0.4 is 5.73 Å². The molecule has 19 heavy (non-hydrogen) atoms. The second-order valence-corrected chi connectivity index (χ2v) is 5.75. The van der Waals surface area contributed by atoms with Crippen molar-refractivity contribution in [2.24, 2.45) is 11.7 Å². The highest BCUT2D eigenvalue weighted by atomic mass is 16.6. The molecule has 0 amide bonds. The highest BCUT2D eigenvalue weighted by Crippen LogP contribution is 2.15. The van der Waals surface area contributed by atoms with E-state index >= 15 is 0 Å². The van der Waals surface area contributed by atoms with E-state index in [0.29, 0.717) is 6.42 Å². The number of hydrogen-bond donors (Lipinski definition) is 1. The number of nitrogens with zero attached hydrogens (tertiary/aromatic N) is 2. The van der Waals surface area contributed by atoms with Crippen LogP contribution in [0.25, 0.3) is 0 Å². The van der Waals surface area contributed by atoms with Gasteiger partial charge in [0.25, 0.3) is 0 Å². The van der Waals surface area contributed by atoms with E-state index in [1.165, 1.54) is 0 Å². The number of aryl methyl sites for hydroxylation is 1. The van der Waals surface area contributed by atoms with Crippen molar-refractivity contribution in [3.05, 3.63) is 18.2 Å². The molecule has 2 N–H and O–H groups in total. The van der Waals surface area contributed by atoms with Crippen molar-refractivity contribution >= 4 is 5.97 Å². The topological polar surface area (TPSA) is 70.1 Å². The zero-order chi connectivity index (χ0) is 14.5. The molecular weight excluding hydrogens is 242 g/mol. The predicted molar refractivity (Wildman–Crippen MR) is 74.6 cm³/mol. The van der Waals surface area contributed by atoms with Gasteiger partial charge in [-0.3, -0.25) is 4.79 Å². The molecule has 1 heterocycles. The zero-order valence-electron chi connectivity index (χ0n) is 12.3.